The monoisotopic (exact) mass is 428 g/mol. The molecule has 0 aliphatic carbocycles. The topological polar surface area (TPSA) is 123 Å². The number of pyridine rings is 1. The van der Waals surface area contributed by atoms with Crippen LogP contribution in [0.25, 0.3) is 33.9 Å². The lowest BCUT2D eigenvalue weighted by Crippen LogP contribution is -2.26. The molecule has 2 N–H and O–H groups in total. The van der Waals surface area contributed by atoms with E-state index in [1.54, 1.807) is 31.4 Å². The first-order valence-electron chi connectivity index (χ1n) is 10.2. The van der Waals surface area contributed by atoms with Gasteiger partial charge in [0.1, 0.15) is 5.82 Å². The molecule has 0 saturated heterocycles. The minimum absolute atomic E-state index is 0.233. The van der Waals surface area contributed by atoms with Gasteiger partial charge in [-0.1, -0.05) is 35.0 Å². The average molecular weight is 428 g/mol. The van der Waals surface area contributed by atoms with Gasteiger partial charge in [0.05, 0.1) is 28.6 Å². The highest BCUT2D eigenvalue weighted by Gasteiger charge is 2.19. The van der Waals surface area contributed by atoms with Gasteiger partial charge in [-0.25, -0.2) is 9.97 Å². The van der Waals surface area contributed by atoms with Crippen molar-refractivity contribution in [2.45, 2.75) is 20.3 Å². The van der Waals surface area contributed by atoms with E-state index in [-0.39, 0.29) is 5.91 Å². The molecule has 160 valence electrons. The van der Waals surface area contributed by atoms with E-state index < -0.39 is 0 Å². The Morgan fingerprint density at radius 3 is 2.75 bits per heavy atom. The van der Waals surface area contributed by atoms with Gasteiger partial charge in [0, 0.05) is 18.5 Å². The number of aromatic nitrogens is 5. The maximum Gasteiger partial charge on any atom is 0.259 e. The van der Waals surface area contributed by atoms with Gasteiger partial charge in [-0.3, -0.25) is 9.89 Å². The summed E-state index contributed by atoms with van der Waals surface area (Å²) in [7, 11) is 0. The number of nitrogens with zero attached hydrogens (tertiary/aromatic N) is 4. The van der Waals surface area contributed by atoms with E-state index in [2.05, 4.69) is 30.6 Å². The number of aromatic amines is 1. The minimum Gasteiger partial charge on any atom is -0.461 e. The van der Waals surface area contributed by atoms with E-state index >= 15 is 0 Å². The lowest BCUT2D eigenvalue weighted by Gasteiger charge is -2.08. The van der Waals surface area contributed by atoms with Crippen molar-refractivity contribution in [1.82, 2.24) is 30.6 Å². The molecule has 0 radical (unpaired) electrons. The summed E-state index contributed by atoms with van der Waals surface area (Å²) in [5, 5.41) is 14.6. The Labute approximate surface area is 182 Å². The number of carbonyl (C=O) groups excluding carboxylic acids is 1. The van der Waals surface area contributed by atoms with Crippen molar-refractivity contribution < 1.29 is 13.7 Å². The van der Waals surface area contributed by atoms with Crippen molar-refractivity contribution in [3.05, 3.63) is 71.4 Å². The van der Waals surface area contributed by atoms with Crippen LogP contribution >= 0.6 is 0 Å². The molecule has 0 aliphatic heterocycles. The number of amides is 1. The largest absolute Gasteiger partial charge is 0.461 e. The average Bonchev–Trinajstić information content (AvgIpc) is 3.55. The van der Waals surface area contributed by atoms with Crippen LogP contribution in [0.1, 0.15) is 27.4 Å². The molecule has 0 saturated carbocycles. The Bertz CT molecular complexity index is 1380. The molecule has 0 aliphatic rings. The van der Waals surface area contributed by atoms with Crippen LogP contribution in [0, 0.1) is 13.8 Å². The van der Waals surface area contributed by atoms with Crippen LogP contribution in [0.4, 0.5) is 0 Å². The summed E-state index contributed by atoms with van der Waals surface area (Å²) in [6.45, 7) is 4.19. The van der Waals surface area contributed by atoms with Crippen LogP contribution in [0.15, 0.2) is 57.7 Å². The van der Waals surface area contributed by atoms with Gasteiger partial charge in [0.25, 0.3) is 11.6 Å². The SMILES string of the molecule is Cc1ccc(-c2cc(C(=O)NCCc3nc(-c4ccco4)n[nH]3)c3c(C)noc3n2)cc1. The van der Waals surface area contributed by atoms with Crippen molar-refractivity contribution in [2.75, 3.05) is 6.54 Å². The first kappa shape index (κ1) is 19.7. The van der Waals surface area contributed by atoms with E-state index in [0.717, 1.165) is 11.1 Å². The second kappa shape index (κ2) is 8.10. The smallest absolute Gasteiger partial charge is 0.259 e. The van der Waals surface area contributed by atoms with Crippen molar-refractivity contribution in [3.63, 3.8) is 0 Å². The van der Waals surface area contributed by atoms with Crippen molar-refractivity contribution in [3.8, 4) is 22.8 Å². The fourth-order valence-electron chi connectivity index (χ4n) is 3.46. The summed E-state index contributed by atoms with van der Waals surface area (Å²) >= 11 is 0. The van der Waals surface area contributed by atoms with E-state index in [1.165, 1.54) is 0 Å². The van der Waals surface area contributed by atoms with E-state index in [9.17, 15) is 4.79 Å². The number of nitrogens with one attached hydrogen (secondary N) is 2. The molecule has 5 aromatic rings. The number of aryl methyl sites for hydroxylation is 2. The molecule has 0 spiro atoms. The van der Waals surface area contributed by atoms with Gasteiger partial charge < -0.3 is 14.3 Å². The highest BCUT2D eigenvalue weighted by Crippen LogP contribution is 2.27. The van der Waals surface area contributed by atoms with E-state index in [4.69, 9.17) is 8.94 Å². The third-order valence-electron chi connectivity index (χ3n) is 5.13. The summed E-state index contributed by atoms with van der Waals surface area (Å²) in [6.07, 6.45) is 2.06. The third-order valence-corrected chi connectivity index (χ3v) is 5.13. The lowest BCUT2D eigenvalue weighted by molar-refractivity contribution is 0.0955. The number of hydrogen-bond acceptors (Lipinski definition) is 7. The van der Waals surface area contributed by atoms with E-state index in [1.807, 2.05) is 31.2 Å². The maximum atomic E-state index is 13.1. The van der Waals surface area contributed by atoms with Gasteiger partial charge in [-0.2, -0.15) is 5.10 Å². The molecule has 0 fully saturated rings. The molecular weight excluding hydrogens is 408 g/mol. The van der Waals surface area contributed by atoms with Crippen LogP contribution in [-0.4, -0.2) is 37.8 Å². The normalized spacial score (nSPS) is 11.2. The predicted octanol–water partition coefficient (Wildman–Crippen LogP) is 3.86. The standard InChI is InChI=1S/C23H20N6O3/c1-13-5-7-15(8-6-13)17-12-16(20-14(2)29-32-23(20)25-17)22(30)24-10-9-19-26-21(28-27-19)18-4-3-11-31-18/h3-8,11-12H,9-10H2,1-2H3,(H,24,30)(H,26,27,28). The summed E-state index contributed by atoms with van der Waals surface area (Å²) in [6, 6.07) is 13.3. The van der Waals surface area contributed by atoms with Gasteiger partial charge in [0.2, 0.25) is 5.82 Å². The van der Waals surface area contributed by atoms with Crippen molar-refractivity contribution in [2.24, 2.45) is 0 Å². The first-order valence-corrected chi connectivity index (χ1v) is 10.2. The molecule has 0 bridgehead atoms. The summed E-state index contributed by atoms with van der Waals surface area (Å²) in [5.74, 6) is 1.48. The molecule has 9 heteroatoms. The number of fused-ring (bicyclic) bond motifs is 1. The van der Waals surface area contributed by atoms with Gasteiger partial charge in [-0.15, -0.1) is 0 Å². The molecule has 9 nitrogen and oxygen atoms in total. The van der Waals surface area contributed by atoms with Crippen LogP contribution in [0.2, 0.25) is 0 Å². The number of carbonyl (C=O) groups is 1. The number of rotatable bonds is 6. The van der Waals surface area contributed by atoms with Crippen molar-refractivity contribution in [1.29, 1.82) is 0 Å². The Morgan fingerprint density at radius 2 is 1.97 bits per heavy atom. The Hall–Kier alpha value is -4.27. The zero-order valence-corrected chi connectivity index (χ0v) is 17.5. The van der Waals surface area contributed by atoms with Crippen LogP contribution in [0.3, 0.4) is 0 Å². The highest BCUT2D eigenvalue weighted by molar-refractivity contribution is 6.07. The third kappa shape index (κ3) is 3.76. The van der Waals surface area contributed by atoms with Gasteiger partial charge in [-0.05, 0) is 32.0 Å². The van der Waals surface area contributed by atoms with Crippen LogP contribution < -0.4 is 5.32 Å². The first-order chi connectivity index (χ1) is 15.6. The minimum atomic E-state index is -0.233. The molecule has 4 aromatic heterocycles. The number of furan rings is 1. The summed E-state index contributed by atoms with van der Waals surface area (Å²) in [4.78, 5) is 22.0. The van der Waals surface area contributed by atoms with E-state index in [0.29, 0.717) is 58.4 Å². The second-order valence-corrected chi connectivity index (χ2v) is 7.46. The fourth-order valence-corrected chi connectivity index (χ4v) is 3.46. The Balaban J connectivity index is 1.35. The molecule has 1 amide bonds. The quantitative estimate of drug-likeness (QED) is 0.421. The second-order valence-electron chi connectivity index (χ2n) is 7.46. The zero-order chi connectivity index (χ0) is 22.1. The molecule has 1 aromatic carbocycles. The number of H-pyrrole nitrogens is 1. The molecule has 0 atom stereocenters. The van der Waals surface area contributed by atoms with Crippen molar-refractivity contribution >= 4 is 17.0 Å². The van der Waals surface area contributed by atoms with Gasteiger partial charge >= 0.3 is 0 Å². The lowest BCUT2D eigenvalue weighted by atomic mass is 10.0. The molecular formula is C23H20N6O3. The summed E-state index contributed by atoms with van der Waals surface area (Å²) in [5.41, 5.74) is 4.12. The Kier molecular flexibility index (Phi) is 4.98. The molecule has 5 rings (SSSR count). The molecule has 4 heterocycles. The molecule has 0 unspecified atom stereocenters. The fraction of sp³-hybridized carbons (Fsp3) is 0.174. The van der Waals surface area contributed by atoms with Crippen LogP contribution in [0.5, 0.6) is 0 Å². The zero-order valence-electron chi connectivity index (χ0n) is 17.5. The maximum absolute atomic E-state index is 13.1. The highest BCUT2D eigenvalue weighted by atomic mass is 16.5. The molecule has 32 heavy (non-hydrogen) atoms. The predicted molar refractivity (Wildman–Crippen MR) is 117 cm³/mol. The number of hydrogen-bond donors (Lipinski definition) is 2. The summed E-state index contributed by atoms with van der Waals surface area (Å²) < 4.78 is 10.7. The van der Waals surface area contributed by atoms with Crippen LogP contribution in [-0.2, 0) is 6.42 Å². The number of benzene rings is 1. The van der Waals surface area contributed by atoms with Gasteiger partial charge in [0.15, 0.2) is 5.76 Å². The Morgan fingerprint density at radius 1 is 1.12 bits per heavy atom.